The van der Waals surface area contributed by atoms with Crippen molar-refractivity contribution in [2.75, 3.05) is 69.8 Å². The van der Waals surface area contributed by atoms with Crippen molar-refractivity contribution in [3.8, 4) is 5.75 Å². The summed E-state index contributed by atoms with van der Waals surface area (Å²) in [5.74, 6) is 0.405. The van der Waals surface area contributed by atoms with Gasteiger partial charge in [0.15, 0.2) is 0 Å². The molecule has 1 saturated carbocycles. The first-order valence-electron chi connectivity index (χ1n) is 20.6. The molecule has 1 aromatic heterocycles. The van der Waals surface area contributed by atoms with Crippen LogP contribution in [-0.4, -0.2) is 102 Å². The number of hydrogen-bond acceptors (Lipinski definition) is 9. The summed E-state index contributed by atoms with van der Waals surface area (Å²) in [6.45, 7) is 6.82. The lowest BCUT2D eigenvalue weighted by molar-refractivity contribution is -0.119. The molecular formula is C43H55ClN6O6S. The van der Waals surface area contributed by atoms with E-state index in [4.69, 9.17) is 25.8 Å². The third kappa shape index (κ3) is 9.28. The van der Waals surface area contributed by atoms with Crippen LogP contribution in [0.15, 0.2) is 65.2 Å². The minimum absolute atomic E-state index is 0.0429. The Balaban J connectivity index is 1.12. The number of halogens is 1. The van der Waals surface area contributed by atoms with Crippen LogP contribution < -0.4 is 14.4 Å². The number of ether oxygens (including phenoxy) is 3. The van der Waals surface area contributed by atoms with Gasteiger partial charge in [0.1, 0.15) is 15.7 Å². The van der Waals surface area contributed by atoms with E-state index in [1.165, 1.54) is 11.1 Å². The Labute approximate surface area is 341 Å². The average Bonchev–Trinajstić information content (AvgIpc) is 3.54. The van der Waals surface area contributed by atoms with E-state index in [-0.39, 0.29) is 23.7 Å². The SMILES string of the molecule is Cn1nccc1CCC(=O)NS1(=O)=NC(=O)c2ccc3c(c2)N(C[C@@H]2CC[C@H]2C(OCCN2CCOCC2)/C=C\CCC1)C[C@@]1(CCCc2cc(Cl)ccc21)CO3. The Morgan fingerprint density at radius 2 is 2.00 bits per heavy atom. The summed E-state index contributed by atoms with van der Waals surface area (Å²) in [7, 11) is -1.63. The van der Waals surface area contributed by atoms with Crippen LogP contribution in [-0.2, 0) is 49.5 Å². The molecule has 5 aliphatic rings. The van der Waals surface area contributed by atoms with Gasteiger partial charge in [0.25, 0.3) is 5.91 Å². The second-order valence-electron chi connectivity index (χ2n) is 16.4. The quantitative estimate of drug-likeness (QED) is 0.276. The Kier molecular flexibility index (Phi) is 12.4. The van der Waals surface area contributed by atoms with Crippen LogP contribution >= 0.6 is 11.6 Å². The smallest absolute Gasteiger partial charge is 0.286 e. The van der Waals surface area contributed by atoms with E-state index < -0.39 is 21.7 Å². The molecule has 57 heavy (non-hydrogen) atoms. The number of fused-ring (bicyclic) bond motifs is 4. The lowest BCUT2D eigenvalue weighted by atomic mass is 9.68. The first kappa shape index (κ1) is 40.0. The van der Waals surface area contributed by atoms with Crippen molar-refractivity contribution in [1.82, 2.24) is 19.4 Å². The molecule has 3 aromatic rings. The zero-order chi connectivity index (χ0) is 39.4. The molecule has 0 radical (unpaired) electrons. The van der Waals surface area contributed by atoms with Gasteiger partial charge in [0.2, 0.25) is 5.91 Å². The van der Waals surface area contributed by atoms with Gasteiger partial charge in [-0.25, -0.2) is 4.21 Å². The number of carbonyl (C=O) groups is 2. The van der Waals surface area contributed by atoms with Crippen molar-refractivity contribution in [1.29, 1.82) is 0 Å². The van der Waals surface area contributed by atoms with Crippen LogP contribution in [0.25, 0.3) is 0 Å². The van der Waals surface area contributed by atoms with E-state index in [0.29, 0.717) is 62.2 Å². The molecule has 2 aliphatic carbocycles. The summed E-state index contributed by atoms with van der Waals surface area (Å²) in [5.41, 5.74) is 4.30. The molecule has 8 rings (SSSR count). The molecule has 306 valence electrons. The largest absolute Gasteiger partial charge is 0.490 e. The van der Waals surface area contributed by atoms with Crippen molar-refractivity contribution in [2.45, 2.75) is 69.3 Å². The Morgan fingerprint density at radius 3 is 2.81 bits per heavy atom. The van der Waals surface area contributed by atoms with Gasteiger partial charge in [0.05, 0.1) is 44.0 Å². The number of aryl methyl sites for hydroxylation is 3. The maximum Gasteiger partial charge on any atom is 0.286 e. The number of morpholine rings is 1. The van der Waals surface area contributed by atoms with Gasteiger partial charge in [-0.05, 0) is 111 Å². The Morgan fingerprint density at radius 1 is 1.12 bits per heavy atom. The topological polar surface area (TPSA) is 128 Å². The predicted octanol–water partition coefficient (Wildman–Crippen LogP) is 5.91. The number of aromatic nitrogens is 2. The van der Waals surface area contributed by atoms with Crippen LogP contribution in [0.4, 0.5) is 5.69 Å². The Bertz CT molecular complexity index is 2090. The minimum Gasteiger partial charge on any atom is -0.490 e. The fraction of sp³-hybridized carbons (Fsp3) is 0.558. The number of nitrogens with zero attached hydrogens (tertiary/aromatic N) is 5. The Hall–Kier alpha value is -3.75. The number of nitrogens with one attached hydrogen (secondary N) is 1. The van der Waals surface area contributed by atoms with Crippen LogP contribution in [0.5, 0.6) is 5.75 Å². The number of rotatable bonds is 8. The van der Waals surface area contributed by atoms with Crippen molar-refractivity contribution in [3.05, 3.63) is 88.2 Å². The van der Waals surface area contributed by atoms with Gasteiger partial charge < -0.3 is 19.1 Å². The van der Waals surface area contributed by atoms with E-state index in [1.807, 2.05) is 31.3 Å². The van der Waals surface area contributed by atoms with Gasteiger partial charge in [-0.1, -0.05) is 29.8 Å². The molecule has 1 saturated heterocycles. The van der Waals surface area contributed by atoms with Gasteiger partial charge in [-0.2, -0.15) is 5.10 Å². The molecule has 2 amide bonds. The predicted molar refractivity (Wildman–Crippen MR) is 221 cm³/mol. The lowest BCUT2D eigenvalue weighted by Crippen LogP contribution is -2.50. The fourth-order valence-electron chi connectivity index (χ4n) is 9.30. The monoisotopic (exact) mass is 818 g/mol. The van der Waals surface area contributed by atoms with E-state index >= 15 is 0 Å². The molecule has 2 unspecified atom stereocenters. The van der Waals surface area contributed by atoms with E-state index in [0.717, 1.165) is 87.9 Å². The summed E-state index contributed by atoms with van der Waals surface area (Å²) < 4.78 is 42.2. The fourth-order valence-corrected chi connectivity index (χ4v) is 11.1. The molecule has 4 heterocycles. The first-order valence-corrected chi connectivity index (χ1v) is 22.7. The highest BCUT2D eigenvalue weighted by Gasteiger charge is 2.44. The van der Waals surface area contributed by atoms with E-state index in [2.05, 4.69) is 48.3 Å². The number of carbonyl (C=O) groups excluding carboxylic acids is 2. The van der Waals surface area contributed by atoms with Crippen LogP contribution in [0.1, 0.15) is 72.1 Å². The second-order valence-corrected chi connectivity index (χ2v) is 18.9. The molecule has 1 N–H and O–H groups in total. The molecule has 5 atom stereocenters. The molecule has 12 nitrogen and oxygen atoms in total. The normalized spacial score (nSPS) is 28.6. The van der Waals surface area contributed by atoms with E-state index in [9.17, 15) is 13.8 Å². The maximum atomic E-state index is 14.5. The number of allylic oxidation sites excluding steroid dienone is 1. The number of anilines is 1. The summed E-state index contributed by atoms with van der Waals surface area (Å²) in [5, 5.41) is 4.92. The average molecular weight is 819 g/mol. The summed E-state index contributed by atoms with van der Waals surface area (Å²) in [6, 6.07) is 13.5. The van der Waals surface area contributed by atoms with Crippen molar-refractivity contribution < 1.29 is 28.0 Å². The number of benzene rings is 2. The van der Waals surface area contributed by atoms with Crippen LogP contribution in [0, 0.1) is 11.8 Å². The zero-order valence-corrected chi connectivity index (χ0v) is 34.5. The van der Waals surface area contributed by atoms with Gasteiger partial charge in [-0.15, -0.1) is 4.36 Å². The van der Waals surface area contributed by atoms with Gasteiger partial charge in [0, 0.05) is 74.1 Å². The second kappa shape index (κ2) is 17.6. The summed E-state index contributed by atoms with van der Waals surface area (Å²) in [4.78, 5) is 32.1. The van der Waals surface area contributed by atoms with Crippen molar-refractivity contribution >= 4 is 39.0 Å². The summed E-state index contributed by atoms with van der Waals surface area (Å²) >= 11 is 6.51. The molecule has 1 spiro atoms. The van der Waals surface area contributed by atoms with Gasteiger partial charge >= 0.3 is 0 Å². The van der Waals surface area contributed by atoms with Crippen molar-refractivity contribution in [2.24, 2.45) is 23.2 Å². The zero-order valence-electron chi connectivity index (χ0n) is 32.9. The highest BCUT2D eigenvalue weighted by atomic mass is 35.5. The molecule has 2 aromatic carbocycles. The molecule has 14 heteroatoms. The maximum absolute atomic E-state index is 14.5. The molecule has 2 bridgehead atoms. The van der Waals surface area contributed by atoms with Gasteiger partial charge in [-0.3, -0.25) is 23.9 Å². The lowest BCUT2D eigenvalue weighted by Gasteiger charge is -2.46. The minimum atomic E-state index is -3.45. The van der Waals surface area contributed by atoms with Crippen LogP contribution in [0.2, 0.25) is 5.02 Å². The van der Waals surface area contributed by atoms with Crippen LogP contribution in [0.3, 0.4) is 0 Å². The number of hydrogen-bond donors (Lipinski definition) is 1. The highest BCUT2D eigenvalue weighted by molar-refractivity contribution is 7.92. The molecule has 2 fully saturated rings. The number of amides is 2. The third-order valence-corrected chi connectivity index (χ3v) is 14.7. The highest BCUT2D eigenvalue weighted by Crippen LogP contribution is 2.47. The van der Waals surface area contributed by atoms with E-state index in [1.54, 1.807) is 16.9 Å². The standard InChI is InChI=1S/C43H55ClN6O6S/c1-48-35(16-18-45-48)11-15-41(51)46-57(53)25-4-2-3-7-39(55-24-21-49-19-22-54-23-20-49)36-12-8-33(36)28-50-29-43(17-5-6-31-26-34(44)10-13-37(31)43)30-56-40-14-9-32(27-38(40)50)42(52)47-57/h3,7,9-10,13-14,16,18,26-27,33,36,39H,2,4-6,8,11-12,15,17,19-25,28-30H2,1H3,(H,46,47,51,52,53)/b7-3-/t33-,36+,39?,43-,57?/m0/s1. The third-order valence-electron chi connectivity index (χ3n) is 12.6. The molecule has 3 aliphatic heterocycles. The van der Waals surface area contributed by atoms with Crippen molar-refractivity contribution in [3.63, 3.8) is 0 Å². The molecular weight excluding hydrogens is 764 g/mol. The summed E-state index contributed by atoms with van der Waals surface area (Å²) in [6.07, 6.45) is 12.7. The first-order chi connectivity index (χ1) is 27.7.